The molecule has 0 unspecified atom stereocenters. The Labute approximate surface area is 223 Å². The van der Waals surface area contributed by atoms with Crippen LogP contribution in [0.4, 0.5) is 0 Å². The van der Waals surface area contributed by atoms with Gasteiger partial charge in [-0.05, 0) is 65.1 Å². The van der Waals surface area contributed by atoms with Crippen LogP contribution in [-0.2, 0) is 6.42 Å². The van der Waals surface area contributed by atoms with Crippen LogP contribution in [0.15, 0.2) is 115 Å². The molecule has 0 aliphatic rings. The van der Waals surface area contributed by atoms with E-state index in [2.05, 4.69) is 9.97 Å². The Morgan fingerprint density at radius 2 is 0.974 bits per heavy atom. The van der Waals surface area contributed by atoms with Gasteiger partial charge in [0.2, 0.25) is 11.8 Å². The van der Waals surface area contributed by atoms with Crippen LogP contribution in [0.5, 0.6) is 0 Å². The summed E-state index contributed by atoms with van der Waals surface area (Å²) >= 11 is 0. The third-order valence-electron chi connectivity index (χ3n) is 6.26. The van der Waals surface area contributed by atoms with E-state index >= 15 is 0 Å². The summed E-state index contributed by atoms with van der Waals surface area (Å²) in [5, 5.41) is 0.808. The van der Waals surface area contributed by atoms with Gasteiger partial charge in [-0.15, -0.1) is 0 Å². The first-order valence-electron chi connectivity index (χ1n) is 12.4. The van der Waals surface area contributed by atoms with Crippen molar-refractivity contribution < 1.29 is 8.83 Å². The Kier molecular flexibility index (Phi) is 6.50. The second kappa shape index (κ2) is 10.6. The molecule has 2 heterocycles. The first-order valence-corrected chi connectivity index (χ1v) is 12.4. The Morgan fingerprint density at radius 3 is 1.41 bits per heavy atom. The maximum Gasteiger partial charge on any atom is 0.347 e. The SMILES string of the molecule is O=c1oc(/C=C\c2ccccc2)nc2ccc(Cc3ccc4nc(/C=C\c5ccccc5)oc(=O)c4c3)cc12. The predicted octanol–water partition coefficient (Wildman–Crippen LogP) is 6.62. The topological polar surface area (TPSA) is 86.2 Å². The maximum absolute atomic E-state index is 12.7. The number of fused-ring (bicyclic) bond motifs is 2. The molecule has 0 spiro atoms. The highest BCUT2D eigenvalue weighted by Crippen LogP contribution is 2.19. The molecule has 0 fully saturated rings. The Bertz CT molecular complexity index is 1830. The normalized spacial score (nSPS) is 11.7. The van der Waals surface area contributed by atoms with Crippen LogP contribution in [0, 0.1) is 0 Å². The summed E-state index contributed by atoms with van der Waals surface area (Å²) in [7, 11) is 0. The lowest BCUT2D eigenvalue weighted by Gasteiger charge is -2.05. The van der Waals surface area contributed by atoms with Gasteiger partial charge in [0.15, 0.2) is 0 Å². The first-order chi connectivity index (χ1) is 19.1. The standard InChI is InChI=1S/C33H22N2O4/c36-32-26-20-24(11-15-28(26)34-30(38-32)17-13-22-7-3-1-4-8-22)19-25-12-16-29-27(21-25)33(37)39-31(35-29)18-14-23-9-5-2-6-10-23/h1-18,20-21H,19H2/b17-13-,18-14-. The minimum absolute atomic E-state index is 0.246. The lowest BCUT2D eigenvalue weighted by molar-refractivity contribution is 0.490. The molecule has 0 amide bonds. The lowest BCUT2D eigenvalue weighted by atomic mass is 10.0. The van der Waals surface area contributed by atoms with Gasteiger partial charge in [-0.25, -0.2) is 19.6 Å². The van der Waals surface area contributed by atoms with Crippen molar-refractivity contribution in [2.75, 3.05) is 0 Å². The van der Waals surface area contributed by atoms with Crippen molar-refractivity contribution in [2.24, 2.45) is 0 Å². The van der Waals surface area contributed by atoms with Crippen molar-refractivity contribution in [3.05, 3.63) is 152 Å². The number of aromatic nitrogens is 2. The molecule has 0 saturated carbocycles. The molecule has 0 aliphatic carbocycles. The van der Waals surface area contributed by atoms with Gasteiger partial charge in [0.25, 0.3) is 0 Å². The molecule has 188 valence electrons. The van der Waals surface area contributed by atoms with Gasteiger partial charge in [-0.3, -0.25) is 0 Å². The number of benzene rings is 4. The van der Waals surface area contributed by atoms with Crippen LogP contribution in [-0.4, -0.2) is 9.97 Å². The molecule has 6 aromatic rings. The molecular formula is C33H22N2O4. The van der Waals surface area contributed by atoms with Gasteiger partial charge in [0.05, 0.1) is 21.8 Å². The van der Waals surface area contributed by atoms with Crippen molar-refractivity contribution in [2.45, 2.75) is 6.42 Å². The number of hydrogen-bond donors (Lipinski definition) is 0. The fourth-order valence-corrected chi connectivity index (χ4v) is 4.33. The second-order valence-corrected chi connectivity index (χ2v) is 9.05. The fraction of sp³-hybridized carbons (Fsp3) is 0.0303. The van der Waals surface area contributed by atoms with Gasteiger partial charge in [-0.1, -0.05) is 72.8 Å². The van der Waals surface area contributed by atoms with Gasteiger partial charge >= 0.3 is 11.3 Å². The molecule has 6 heteroatoms. The molecule has 6 rings (SSSR count). The molecule has 0 radical (unpaired) electrons. The van der Waals surface area contributed by atoms with E-state index in [-0.39, 0.29) is 11.8 Å². The minimum Gasteiger partial charge on any atom is -0.404 e. The molecule has 39 heavy (non-hydrogen) atoms. The van der Waals surface area contributed by atoms with E-state index in [9.17, 15) is 9.59 Å². The molecule has 0 atom stereocenters. The lowest BCUT2D eigenvalue weighted by Crippen LogP contribution is -2.05. The maximum atomic E-state index is 12.7. The zero-order valence-corrected chi connectivity index (χ0v) is 20.8. The number of hydrogen-bond acceptors (Lipinski definition) is 6. The highest BCUT2D eigenvalue weighted by atomic mass is 16.4. The minimum atomic E-state index is -0.450. The van der Waals surface area contributed by atoms with Crippen LogP contribution < -0.4 is 11.3 Å². The summed E-state index contributed by atoms with van der Waals surface area (Å²) in [6.07, 6.45) is 7.57. The van der Waals surface area contributed by atoms with Gasteiger partial charge in [-0.2, -0.15) is 0 Å². The van der Waals surface area contributed by atoms with Crippen LogP contribution in [0.25, 0.3) is 46.1 Å². The van der Waals surface area contributed by atoms with Crippen LogP contribution in [0.2, 0.25) is 0 Å². The number of rotatable bonds is 6. The van der Waals surface area contributed by atoms with E-state index in [4.69, 9.17) is 8.83 Å². The van der Waals surface area contributed by atoms with E-state index in [1.54, 1.807) is 24.3 Å². The smallest absolute Gasteiger partial charge is 0.347 e. The average molecular weight is 511 g/mol. The third kappa shape index (κ3) is 5.50. The van der Waals surface area contributed by atoms with E-state index in [0.717, 1.165) is 22.3 Å². The van der Waals surface area contributed by atoms with Gasteiger partial charge in [0.1, 0.15) is 0 Å². The van der Waals surface area contributed by atoms with Crippen molar-refractivity contribution in [1.29, 1.82) is 0 Å². The summed E-state index contributed by atoms with van der Waals surface area (Å²) < 4.78 is 10.9. The molecule has 0 N–H and O–H groups in total. The van der Waals surface area contributed by atoms with Crippen molar-refractivity contribution in [3.8, 4) is 0 Å². The monoisotopic (exact) mass is 510 g/mol. The first kappa shape index (κ1) is 24.0. The fourth-order valence-electron chi connectivity index (χ4n) is 4.33. The molecule has 2 aromatic heterocycles. The second-order valence-electron chi connectivity index (χ2n) is 9.05. The van der Waals surface area contributed by atoms with Crippen LogP contribution in [0.3, 0.4) is 0 Å². The van der Waals surface area contributed by atoms with E-state index in [1.165, 1.54) is 0 Å². The average Bonchev–Trinajstić information content (AvgIpc) is 2.97. The van der Waals surface area contributed by atoms with E-state index < -0.39 is 11.3 Å². The molecule has 0 saturated heterocycles. The van der Waals surface area contributed by atoms with Crippen LogP contribution in [0.1, 0.15) is 34.0 Å². The molecule has 0 aliphatic heterocycles. The summed E-state index contributed by atoms with van der Waals surface area (Å²) in [5.41, 5.74) is 3.97. The molecule has 0 bridgehead atoms. The largest absolute Gasteiger partial charge is 0.404 e. The summed E-state index contributed by atoms with van der Waals surface area (Å²) in [4.78, 5) is 34.4. The summed E-state index contributed by atoms with van der Waals surface area (Å²) in [6.45, 7) is 0. The predicted molar refractivity (Wildman–Crippen MR) is 154 cm³/mol. The Morgan fingerprint density at radius 1 is 0.538 bits per heavy atom. The molecule has 4 aromatic carbocycles. The van der Waals surface area contributed by atoms with Gasteiger partial charge in [0, 0.05) is 12.2 Å². The van der Waals surface area contributed by atoms with E-state index in [1.807, 2.05) is 97.1 Å². The number of nitrogens with zero attached hydrogens (tertiary/aromatic N) is 2. The zero-order valence-electron chi connectivity index (χ0n) is 20.8. The summed E-state index contributed by atoms with van der Waals surface area (Å²) in [5.74, 6) is 0.492. The highest BCUT2D eigenvalue weighted by Gasteiger charge is 2.09. The van der Waals surface area contributed by atoms with Crippen molar-refractivity contribution in [3.63, 3.8) is 0 Å². The Balaban J connectivity index is 1.24. The third-order valence-corrected chi connectivity index (χ3v) is 6.26. The zero-order chi connectivity index (χ0) is 26.6. The molecular weight excluding hydrogens is 488 g/mol. The Hall–Kier alpha value is -5.36. The molecule has 6 nitrogen and oxygen atoms in total. The van der Waals surface area contributed by atoms with E-state index in [0.29, 0.717) is 28.2 Å². The van der Waals surface area contributed by atoms with Crippen molar-refractivity contribution >= 4 is 46.1 Å². The summed E-state index contributed by atoms with van der Waals surface area (Å²) in [6, 6.07) is 30.5. The highest BCUT2D eigenvalue weighted by molar-refractivity contribution is 5.81. The van der Waals surface area contributed by atoms with Crippen LogP contribution >= 0.6 is 0 Å². The van der Waals surface area contributed by atoms with Gasteiger partial charge < -0.3 is 8.83 Å². The quantitative estimate of drug-likeness (QED) is 0.250. The van der Waals surface area contributed by atoms with Crippen molar-refractivity contribution in [1.82, 2.24) is 9.97 Å².